The summed E-state index contributed by atoms with van der Waals surface area (Å²) >= 11 is 0. The summed E-state index contributed by atoms with van der Waals surface area (Å²) < 4.78 is 92.6. The molecule has 2 N–H and O–H groups in total. The second-order valence-corrected chi connectivity index (χ2v) is 11.7. The van der Waals surface area contributed by atoms with Gasteiger partial charge in [0.1, 0.15) is 17.7 Å². The molecule has 1 heterocycles. The van der Waals surface area contributed by atoms with Crippen molar-refractivity contribution in [2.45, 2.75) is 62.3 Å². The highest BCUT2D eigenvalue weighted by atomic mass is 32.2. The minimum atomic E-state index is -4.82. The van der Waals surface area contributed by atoms with Gasteiger partial charge in [-0.3, -0.25) is 14.4 Å². The Morgan fingerprint density at radius 3 is 2.44 bits per heavy atom. The van der Waals surface area contributed by atoms with Crippen molar-refractivity contribution in [3.8, 4) is 5.75 Å². The smallest absolute Gasteiger partial charge is 0.427 e. The van der Waals surface area contributed by atoms with Gasteiger partial charge in [-0.15, -0.1) is 0 Å². The number of nitrogens with zero attached hydrogens (tertiary/aromatic N) is 1. The van der Waals surface area contributed by atoms with Gasteiger partial charge in [-0.1, -0.05) is 0 Å². The van der Waals surface area contributed by atoms with E-state index in [1.165, 1.54) is 31.2 Å². The number of sulfonamides is 1. The second kappa shape index (κ2) is 10.2. The van der Waals surface area contributed by atoms with Crippen LogP contribution in [0.2, 0.25) is 0 Å². The average Bonchev–Trinajstić information content (AvgIpc) is 3.66. The molecule has 1 fully saturated rings. The quantitative estimate of drug-likeness (QED) is 0.465. The monoisotopic (exact) mass is 573 g/mol. The molecule has 0 bridgehead atoms. The van der Waals surface area contributed by atoms with Crippen molar-refractivity contribution in [2.75, 3.05) is 22.7 Å². The minimum absolute atomic E-state index is 0.0146. The summed E-state index contributed by atoms with van der Waals surface area (Å²) in [6.45, 7) is 2.41. The number of anilines is 2. The van der Waals surface area contributed by atoms with Gasteiger partial charge in [0.15, 0.2) is 0 Å². The van der Waals surface area contributed by atoms with Gasteiger partial charge < -0.3 is 14.8 Å². The van der Waals surface area contributed by atoms with Crippen LogP contribution in [0.3, 0.4) is 0 Å². The molecule has 0 aromatic heterocycles. The van der Waals surface area contributed by atoms with E-state index in [-0.39, 0.29) is 46.9 Å². The van der Waals surface area contributed by atoms with E-state index in [0.29, 0.717) is 19.4 Å². The zero-order valence-electron chi connectivity index (χ0n) is 21.3. The maximum absolute atomic E-state index is 14.3. The first-order valence-electron chi connectivity index (χ1n) is 12.0. The summed E-state index contributed by atoms with van der Waals surface area (Å²) in [5, 5.41) is 4.75. The number of alkyl halides is 3. The number of ether oxygens (including phenoxy) is 2. The lowest BCUT2D eigenvalue weighted by atomic mass is 10.1. The number of rotatable bonds is 7. The molecule has 2 amide bonds. The van der Waals surface area contributed by atoms with Crippen molar-refractivity contribution in [3.63, 3.8) is 0 Å². The van der Waals surface area contributed by atoms with E-state index in [9.17, 15) is 35.6 Å². The van der Waals surface area contributed by atoms with Gasteiger partial charge in [0.2, 0.25) is 11.5 Å². The first kappa shape index (κ1) is 28.5. The lowest BCUT2D eigenvalue weighted by Crippen LogP contribution is -2.48. The number of nitrogens with one attached hydrogen (secondary N) is 2. The van der Waals surface area contributed by atoms with Crippen LogP contribution in [0, 0.1) is 5.82 Å². The number of halogens is 4. The fourth-order valence-corrected chi connectivity index (χ4v) is 5.47. The molecule has 1 atom stereocenters. The van der Waals surface area contributed by atoms with Crippen LogP contribution < -0.4 is 19.7 Å². The number of hydrogen-bond acceptors (Lipinski definition) is 6. The molecular weight excluding hydrogens is 546 g/mol. The van der Waals surface area contributed by atoms with Crippen LogP contribution in [0.15, 0.2) is 41.3 Å². The van der Waals surface area contributed by atoms with Gasteiger partial charge in [-0.05, 0) is 74.6 Å². The van der Waals surface area contributed by atoms with E-state index < -0.39 is 39.8 Å². The van der Waals surface area contributed by atoms with Crippen LogP contribution in [0.4, 0.5) is 33.7 Å². The summed E-state index contributed by atoms with van der Waals surface area (Å²) in [4.78, 5) is 23.5. The molecule has 9 nitrogen and oxygen atoms in total. The van der Waals surface area contributed by atoms with Gasteiger partial charge in [0.05, 0.1) is 23.7 Å². The van der Waals surface area contributed by atoms with Gasteiger partial charge in [-0.2, -0.15) is 13.2 Å². The van der Waals surface area contributed by atoms with E-state index in [1.54, 1.807) is 0 Å². The van der Waals surface area contributed by atoms with Gasteiger partial charge >= 0.3 is 12.3 Å². The Kier molecular flexibility index (Phi) is 7.45. The van der Waals surface area contributed by atoms with Crippen molar-refractivity contribution < 1.29 is 45.0 Å². The largest absolute Gasteiger partial charge is 0.484 e. The van der Waals surface area contributed by atoms with Crippen LogP contribution in [0.1, 0.15) is 45.1 Å². The highest BCUT2D eigenvalue weighted by Crippen LogP contribution is 2.43. The number of hydrogen-bond donors (Lipinski definition) is 2. The van der Waals surface area contributed by atoms with Crippen LogP contribution >= 0.6 is 0 Å². The fourth-order valence-electron chi connectivity index (χ4n) is 3.93. The standard InChI is InChI=1S/C25H27F4N3O6S/c1-14(33)30-12-17-13-32(39(35,36)18-7-8-20(26)19(11-18)15-4-5-15)21-10-16(6-9-22(21)37-17)31-23(34)38-24(2,3)25(27,28)29/h6-11,15,17H,4-5,12-13H2,1-3H3,(H,30,33)(H,31,34). The second-order valence-electron chi connectivity index (χ2n) is 9.88. The average molecular weight is 574 g/mol. The lowest BCUT2D eigenvalue weighted by molar-refractivity contribution is -0.242. The zero-order chi connectivity index (χ0) is 28.8. The maximum atomic E-state index is 14.3. The maximum Gasteiger partial charge on any atom is 0.427 e. The third-order valence-corrected chi connectivity index (χ3v) is 8.09. The van der Waals surface area contributed by atoms with Crippen molar-refractivity contribution in [2.24, 2.45) is 0 Å². The Labute approximate surface area is 222 Å². The number of amides is 2. The molecule has 1 aliphatic heterocycles. The van der Waals surface area contributed by atoms with Crippen LogP contribution in [0.5, 0.6) is 5.75 Å². The van der Waals surface area contributed by atoms with Gasteiger partial charge in [0, 0.05) is 12.6 Å². The van der Waals surface area contributed by atoms with E-state index >= 15 is 0 Å². The molecule has 0 saturated heterocycles. The molecule has 2 aromatic carbocycles. The molecule has 212 valence electrons. The van der Waals surface area contributed by atoms with E-state index in [2.05, 4.69) is 15.4 Å². The Morgan fingerprint density at radius 2 is 1.82 bits per heavy atom. The molecule has 0 radical (unpaired) electrons. The highest BCUT2D eigenvalue weighted by molar-refractivity contribution is 7.92. The Hall–Kier alpha value is -3.55. The van der Waals surface area contributed by atoms with Crippen LogP contribution in [0.25, 0.3) is 0 Å². The number of fused-ring (bicyclic) bond motifs is 1. The first-order valence-corrected chi connectivity index (χ1v) is 13.5. The summed E-state index contributed by atoms with van der Waals surface area (Å²) in [5.74, 6) is -0.841. The first-order chi connectivity index (χ1) is 18.1. The lowest BCUT2D eigenvalue weighted by Gasteiger charge is -2.36. The molecular formula is C25H27F4N3O6S. The Balaban J connectivity index is 1.67. The normalized spacial score (nSPS) is 17.6. The number of benzene rings is 2. The topological polar surface area (TPSA) is 114 Å². The SMILES string of the molecule is CC(=O)NCC1CN(S(=O)(=O)c2ccc(F)c(C3CC3)c2)c2cc(NC(=O)OC(C)(C)C(F)(F)F)ccc2O1. The van der Waals surface area contributed by atoms with E-state index in [4.69, 9.17) is 4.74 Å². The molecule has 39 heavy (non-hydrogen) atoms. The van der Waals surface area contributed by atoms with Crippen LogP contribution in [-0.2, 0) is 19.6 Å². The summed E-state index contributed by atoms with van der Waals surface area (Å²) in [6.07, 6.45) is -5.53. The Morgan fingerprint density at radius 1 is 1.13 bits per heavy atom. The molecule has 1 unspecified atom stereocenters. The van der Waals surface area contributed by atoms with Crippen molar-refractivity contribution >= 4 is 33.4 Å². The van der Waals surface area contributed by atoms with Gasteiger partial charge in [-0.25, -0.2) is 17.6 Å². The third-order valence-electron chi connectivity index (χ3n) is 6.32. The summed E-state index contributed by atoms with van der Waals surface area (Å²) in [5.41, 5.74) is -2.55. The third kappa shape index (κ3) is 6.21. The molecule has 0 spiro atoms. The summed E-state index contributed by atoms with van der Waals surface area (Å²) in [6, 6.07) is 7.38. The van der Waals surface area contributed by atoms with E-state index in [0.717, 1.165) is 29.3 Å². The number of carbonyl (C=O) groups is 2. The summed E-state index contributed by atoms with van der Waals surface area (Å²) in [7, 11) is -4.30. The highest BCUT2D eigenvalue weighted by Gasteiger charge is 2.51. The predicted molar refractivity (Wildman–Crippen MR) is 133 cm³/mol. The van der Waals surface area contributed by atoms with E-state index in [1.807, 2.05) is 0 Å². The fraction of sp³-hybridized carbons (Fsp3) is 0.440. The molecule has 2 aromatic rings. The molecule has 2 aliphatic rings. The molecule has 14 heteroatoms. The Bertz CT molecular complexity index is 1390. The van der Waals surface area contributed by atoms with Crippen molar-refractivity contribution in [1.82, 2.24) is 5.32 Å². The molecule has 1 saturated carbocycles. The molecule has 4 rings (SSSR count). The predicted octanol–water partition coefficient (Wildman–Crippen LogP) is 4.68. The molecule has 1 aliphatic carbocycles. The van der Waals surface area contributed by atoms with Crippen LogP contribution in [-0.4, -0.2) is 51.4 Å². The minimum Gasteiger partial charge on any atom is -0.484 e. The van der Waals surface area contributed by atoms with Gasteiger partial charge in [0.25, 0.3) is 10.0 Å². The van der Waals surface area contributed by atoms with Crippen molar-refractivity contribution in [1.29, 1.82) is 0 Å². The number of carbonyl (C=O) groups excluding carboxylic acids is 2. The van der Waals surface area contributed by atoms with Crippen molar-refractivity contribution in [3.05, 3.63) is 47.8 Å². The zero-order valence-corrected chi connectivity index (χ0v) is 22.1.